The van der Waals surface area contributed by atoms with Crippen molar-refractivity contribution in [1.29, 1.82) is 0 Å². The summed E-state index contributed by atoms with van der Waals surface area (Å²) in [6, 6.07) is 0. The monoisotopic (exact) mass is 328 g/mol. The summed E-state index contributed by atoms with van der Waals surface area (Å²) in [4.78, 5) is 4.73. The van der Waals surface area contributed by atoms with E-state index in [9.17, 15) is 5.11 Å². The molecule has 126 valence electrons. The average Bonchev–Trinajstić information content (AvgIpc) is 2.88. The number of rotatable bonds is 6. The Balaban J connectivity index is 1.74. The number of aliphatic hydroxyl groups excluding tert-OH is 1. The van der Waals surface area contributed by atoms with E-state index in [0.717, 1.165) is 44.3 Å². The molecule has 0 bridgehead atoms. The van der Waals surface area contributed by atoms with Crippen LogP contribution >= 0.6 is 11.3 Å². The smallest absolute Gasteiger partial charge is 0.294 e. The van der Waals surface area contributed by atoms with Crippen molar-refractivity contribution in [2.24, 2.45) is 5.41 Å². The highest BCUT2D eigenvalue weighted by atomic mass is 32.1. The summed E-state index contributed by atoms with van der Waals surface area (Å²) in [6.45, 7) is 14.4. The van der Waals surface area contributed by atoms with Gasteiger partial charge in [-0.15, -0.1) is 10.2 Å². The van der Waals surface area contributed by atoms with Crippen LogP contribution in [0, 0.1) is 5.41 Å². The molecule has 1 aliphatic heterocycles. The summed E-state index contributed by atoms with van der Waals surface area (Å²) in [5.74, 6) is 0. The quantitative estimate of drug-likeness (QED) is 0.853. The second-order valence-corrected chi connectivity index (χ2v) is 7.88. The Morgan fingerprint density at radius 1 is 1.18 bits per heavy atom. The molecule has 1 aromatic heterocycles. The Bertz CT molecular complexity index is 453. The minimum atomic E-state index is -0.282. The van der Waals surface area contributed by atoms with Crippen molar-refractivity contribution in [2.75, 3.05) is 39.3 Å². The van der Waals surface area contributed by atoms with Crippen LogP contribution < -0.4 is 4.74 Å². The standard InChI is InChI=1S/C15H28N4O2S/c1-5-21-14-17-16-13(22-14)11-19-8-6-18(7-9-19)10-12(20)15(2,3)4/h12,20H,5-11H2,1-4H3/t12-/m1/s1. The van der Waals surface area contributed by atoms with Crippen LogP contribution in [-0.4, -0.2) is 70.5 Å². The van der Waals surface area contributed by atoms with E-state index >= 15 is 0 Å². The van der Waals surface area contributed by atoms with Gasteiger partial charge < -0.3 is 9.84 Å². The van der Waals surface area contributed by atoms with E-state index in [2.05, 4.69) is 40.8 Å². The molecule has 6 nitrogen and oxygen atoms in total. The van der Waals surface area contributed by atoms with Gasteiger partial charge in [0.2, 0.25) is 0 Å². The third-order valence-electron chi connectivity index (χ3n) is 3.97. The summed E-state index contributed by atoms with van der Waals surface area (Å²) < 4.78 is 5.36. The molecule has 0 aliphatic carbocycles. The zero-order chi connectivity index (χ0) is 16.2. The van der Waals surface area contributed by atoms with Crippen LogP contribution in [0.3, 0.4) is 0 Å². The first kappa shape index (κ1) is 17.6. The van der Waals surface area contributed by atoms with Crippen LogP contribution in [-0.2, 0) is 6.54 Å². The van der Waals surface area contributed by atoms with Crippen LogP contribution in [0.1, 0.15) is 32.7 Å². The molecule has 2 rings (SSSR count). The Morgan fingerprint density at radius 3 is 2.41 bits per heavy atom. The van der Waals surface area contributed by atoms with Gasteiger partial charge in [-0.05, 0) is 12.3 Å². The van der Waals surface area contributed by atoms with Crippen molar-refractivity contribution in [3.05, 3.63) is 5.01 Å². The molecule has 2 heterocycles. The average molecular weight is 328 g/mol. The molecule has 1 N–H and O–H groups in total. The van der Waals surface area contributed by atoms with Crippen molar-refractivity contribution in [3.8, 4) is 5.19 Å². The van der Waals surface area contributed by atoms with Crippen LogP contribution in [0.2, 0.25) is 0 Å². The first-order valence-corrected chi connectivity index (χ1v) is 8.78. The van der Waals surface area contributed by atoms with Crippen molar-refractivity contribution < 1.29 is 9.84 Å². The van der Waals surface area contributed by atoms with E-state index in [1.165, 1.54) is 11.3 Å². The normalized spacial score (nSPS) is 19.3. The fourth-order valence-corrected chi connectivity index (χ4v) is 3.11. The van der Waals surface area contributed by atoms with Crippen LogP contribution in [0.15, 0.2) is 0 Å². The summed E-state index contributed by atoms with van der Waals surface area (Å²) in [6.07, 6.45) is -0.282. The molecule has 7 heteroatoms. The second-order valence-electron chi connectivity index (χ2n) is 6.85. The molecule has 0 radical (unpaired) electrons. The van der Waals surface area contributed by atoms with Gasteiger partial charge in [-0.3, -0.25) is 9.80 Å². The van der Waals surface area contributed by atoms with Gasteiger partial charge in [-0.1, -0.05) is 32.1 Å². The molecular weight excluding hydrogens is 300 g/mol. The van der Waals surface area contributed by atoms with Gasteiger partial charge in [0.15, 0.2) is 0 Å². The third kappa shape index (κ3) is 5.15. The van der Waals surface area contributed by atoms with Gasteiger partial charge in [0, 0.05) is 32.7 Å². The van der Waals surface area contributed by atoms with Gasteiger partial charge in [0.1, 0.15) is 5.01 Å². The Hall–Kier alpha value is -0.760. The summed E-state index contributed by atoms with van der Waals surface area (Å²) in [7, 11) is 0. The van der Waals surface area contributed by atoms with Crippen LogP contribution in [0.25, 0.3) is 0 Å². The lowest BCUT2D eigenvalue weighted by Crippen LogP contribution is -2.49. The zero-order valence-electron chi connectivity index (χ0n) is 14.1. The molecule has 1 saturated heterocycles. The zero-order valence-corrected chi connectivity index (χ0v) is 14.9. The lowest BCUT2D eigenvalue weighted by molar-refractivity contribution is 0.0125. The molecular formula is C15H28N4O2S. The summed E-state index contributed by atoms with van der Waals surface area (Å²) in [5, 5.41) is 20.1. The molecule has 0 saturated carbocycles. The maximum atomic E-state index is 10.2. The minimum absolute atomic E-state index is 0.0562. The van der Waals surface area contributed by atoms with Crippen molar-refractivity contribution in [3.63, 3.8) is 0 Å². The highest BCUT2D eigenvalue weighted by Crippen LogP contribution is 2.22. The Kier molecular flexibility index (Phi) is 6.14. The van der Waals surface area contributed by atoms with Gasteiger partial charge in [0.05, 0.1) is 19.3 Å². The number of aliphatic hydroxyl groups is 1. The lowest BCUT2D eigenvalue weighted by Gasteiger charge is -2.37. The highest BCUT2D eigenvalue weighted by Gasteiger charge is 2.26. The van der Waals surface area contributed by atoms with Gasteiger partial charge in [-0.25, -0.2) is 0 Å². The summed E-state index contributed by atoms with van der Waals surface area (Å²) in [5.41, 5.74) is -0.0562. The van der Waals surface area contributed by atoms with Crippen molar-refractivity contribution in [2.45, 2.75) is 40.3 Å². The van der Waals surface area contributed by atoms with E-state index in [0.29, 0.717) is 11.8 Å². The number of hydrogen-bond acceptors (Lipinski definition) is 7. The van der Waals surface area contributed by atoms with E-state index in [1.807, 2.05) is 6.92 Å². The van der Waals surface area contributed by atoms with E-state index in [1.54, 1.807) is 0 Å². The van der Waals surface area contributed by atoms with E-state index in [4.69, 9.17) is 4.74 Å². The lowest BCUT2D eigenvalue weighted by atomic mass is 9.89. The second kappa shape index (κ2) is 7.68. The maximum Gasteiger partial charge on any atom is 0.294 e. The Labute approximate surface area is 137 Å². The number of hydrogen-bond donors (Lipinski definition) is 1. The largest absolute Gasteiger partial charge is 0.469 e. The number of aromatic nitrogens is 2. The molecule has 0 spiro atoms. The first-order valence-electron chi connectivity index (χ1n) is 7.96. The van der Waals surface area contributed by atoms with Crippen molar-refractivity contribution in [1.82, 2.24) is 20.0 Å². The number of β-amino-alcohol motifs (C(OH)–C–C–N with tert-alkyl or cyclic N) is 1. The topological polar surface area (TPSA) is 61.7 Å². The first-order chi connectivity index (χ1) is 10.4. The summed E-state index contributed by atoms with van der Waals surface area (Å²) >= 11 is 1.53. The maximum absolute atomic E-state index is 10.2. The van der Waals surface area contributed by atoms with E-state index < -0.39 is 0 Å². The number of ether oxygens (including phenoxy) is 1. The van der Waals surface area contributed by atoms with E-state index in [-0.39, 0.29) is 11.5 Å². The number of piperazine rings is 1. The molecule has 0 amide bonds. The fraction of sp³-hybridized carbons (Fsp3) is 0.867. The highest BCUT2D eigenvalue weighted by molar-refractivity contribution is 7.13. The molecule has 1 aliphatic rings. The Morgan fingerprint density at radius 2 is 1.82 bits per heavy atom. The van der Waals surface area contributed by atoms with Gasteiger partial charge in [-0.2, -0.15) is 0 Å². The molecule has 1 aromatic rings. The predicted octanol–water partition coefficient (Wildman–Crippen LogP) is 1.46. The van der Waals surface area contributed by atoms with Gasteiger partial charge >= 0.3 is 0 Å². The molecule has 0 unspecified atom stereocenters. The number of nitrogens with zero attached hydrogens (tertiary/aromatic N) is 4. The van der Waals surface area contributed by atoms with Crippen molar-refractivity contribution >= 4 is 11.3 Å². The SMILES string of the molecule is CCOc1nnc(CN2CCN(C[C@@H](O)C(C)(C)C)CC2)s1. The molecule has 0 aromatic carbocycles. The van der Waals surface area contributed by atoms with Gasteiger partial charge in [0.25, 0.3) is 5.19 Å². The molecule has 22 heavy (non-hydrogen) atoms. The molecule has 1 fully saturated rings. The minimum Gasteiger partial charge on any atom is -0.469 e. The van der Waals surface area contributed by atoms with Crippen LogP contribution in [0.4, 0.5) is 0 Å². The third-order valence-corrected chi connectivity index (χ3v) is 4.79. The molecule has 1 atom stereocenters. The fourth-order valence-electron chi connectivity index (χ4n) is 2.32. The predicted molar refractivity (Wildman–Crippen MR) is 88.3 cm³/mol. The van der Waals surface area contributed by atoms with Crippen LogP contribution in [0.5, 0.6) is 5.19 Å².